The van der Waals surface area contributed by atoms with Crippen LogP contribution in [-0.2, 0) is 9.47 Å². The number of rotatable bonds is 13. The third-order valence-electron chi connectivity index (χ3n) is 8.41. The zero-order chi connectivity index (χ0) is 33.4. The molecule has 0 unspecified atom stereocenters. The first-order chi connectivity index (χ1) is 22.1. The monoisotopic (exact) mass is 648 g/mol. The van der Waals surface area contributed by atoms with Crippen molar-refractivity contribution in [1.29, 1.82) is 0 Å². The van der Waals surface area contributed by atoms with E-state index in [1.165, 1.54) is 12.1 Å². The van der Waals surface area contributed by atoms with Crippen molar-refractivity contribution < 1.29 is 59.9 Å². The summed E-state index contributed by atoms with van der Waals surface area (Å²) in [5.74, 6) is -0.658. The minimum absolute atomic E-state index is 0.327. The van der Waals surface area contributed by atoms with Crippen LogP contribution in [0.3, 0.4) is 0 Å². The molecule has 2 aliphatic heterocycles. The number of carbonyl (C=O) groups is 2. The van der Waals surface area contributed by atoms with Crippen LogP contribution in [-0.4, -0.2) is 128 Å². The van der Waals surface area contributed by atoms with Gasteiger partial charge in [0.15, 0.2) is 0 Å². The van der Waals surface area contributed by atoms with E-state index in [-0.39, 0.29) is 11.8 Å². The van der Waals surface area contributed by atoms with Crippen LogP contribution in [0.15, 0.2) is 48.5 Å². The average molecular weight is 649 g/mol. The SMILES string of the molecule is O=C(NCCCCCCNC(=O)c1cccc([C@H]2O[C@H](CO)[C@@H](O)[C@H](O)[C@@H]2O)c1)c1cccc([C@H]2O[C@H](CO)[C@@H](O)[C@H](O)[C@@H]2O)c1. The molecular weight excluding hydrogens is 604 g/mol. The highest BCUT2D eigenvalue weighted by Gasteiger charge is 2.45. The van der Waals surface area contributed by atoms with Crippen LogP contribution in [0.4, 0.5) is 0 Å². The van der Waals surface area contributed by atoms with Crippen molar-refractivity contribution in [2.75, 3.05) is 26.3 Å². The van der Waals surface area contributed by atoms with Gasteiger partial charge in [-0.05, 0) is 48.2 Å². The zero-order valence-corrected chi connectivity index (χ0v) is 25.3. The Morgan fingerprint density at radius 2 is 0.957 bits per heavy atom. The standard InChI is InChI=1S/C32H44N2O12/c35-15-21-23(37)25(39)27(41)29(45-21)17-7-5-9-19(13-17)31(43)33-11-3-1-2-4-12-34-32(44)20-10-6-8-18(14-20)30-28(42)26(40)24(38)22(16-36)46-30/h5-10,13-14,21-30,35-42H,1-4,11-12,15-16H2,(H,33,43)(H,34,44)/t21-,22-,23-,24-,25+,26+,27+,28+,29-,30-/m1/s1. The maximum Gasteiger partial charge on any atom is 0.251 e. The molecule has 0 saturated carbocycles. The number of unbranched alkanes of at least 4 members (excludes halogenated alkanes) is 3. The van der Waals surface area contributed by atoms with Crippen molar-refractivity contribution in [2.45, 2.75) is 86.7 Å². The fourth-order valence-electron chi connectivity index (χ4n) is 5.68. The van der Waals surface area contributed by atoms with Crippen molar-refractivity contribution >= 4 is 11.8 Å². The molecule has 14 nitrogen and oxygen atoms in total. The molecule has 0 aliphatic carbocycles. The van der Waals surface area contributed by atoms with Gasteiger partial charge >= 0.3 is 0 Å². The normalized spacial score (nSPS) is 31.3. The minimum Gasteiger partial charge on any atom is -0.394 e. The molecule has 2 aliphatic rings. The molecule has 10 atom stereocenters. The lowest BCUT2D eigenvalue weighted by Gasteiger charge is -2.40. The quantitative estimate of drug-likeness (QED) is 0.111. The fraction of sp³-hybridized carbons (Fsp3) is 0.562. The van der Waals surface area contributed by atoms with E-state index >= 15 is 0 Å². The van der Waals surface area contributed by atoms with Crippen LogP contribution in [0.2, 0.25) is 0 Å². The van der Waals surface area contributed by atoms with Gasteiger partial charge in [-0.25, -0.2) is 0 Å². The summed E-state index contributed by atoms with van der Waals surface area (Å²) in [6.45, 7) is -0.257. The van der Waals surface area contributed by atoms with E-state index in [1.807, 2.05) is 0 Å². The van der Waals surface area contributed by atoms with E-state index in [0.717, 1.165) is 12.8 Å². The molecular formula is C32H44N2O12. The molecule has 2 saturated heterocycles. The van der Waals surface area contributed by atoms with Gasteiger partial charge in [0, 0.05) is 24.2 Å². The third-order valence-corrected chi connectivity index (χ3v) is 8.41. The second-order valence-corrected chi connectivity index (χ2v) is 11.7. The summed E-state index contributed by atoms with van der Waals surface area (Å²) in [5, 5.41) is 85.5. The second kappa shape index (κ2) is 16.7. The average Bonchev–Trinajstić information content (AvgIpc) is 3.07. The summed E-state index contributed by atoms with van der Waals surface area (Å²) in [6, 6.07) is 12.8. The van der Waals surface area contributed by atoms with Gasteiger partial charge in [0.05, 0.1) is 13.2 Å². The topological polar surface area (TPSA) is 238 Å². The minimum atomic E-state index is -1.52. The molecule has 0 spiro atoms. The third kappa shape index (κ3) is 8.46. The van der Waals surface area contributed by atoms with Gasteiger partial charge < -0.3 is 61.0 Å². The highest BCUT2D eigenvalue weighted by Crippen LogP contribution is 2.34. The van der Waals surface area contributed by atoms with Crippen LogP contribution in [0.1, 0.15) is 69.7 Å². The Kier molecular flexibility index (Phi) is 13.0. The molecule has 0 bridgehead atoms. The molecule has 10 N–H and O–H groups in total. The smallest absolute Gasteiger partial charge is 0.251 e. The summed E-state index contributed by atoms with van der Waals surface area (Å²) >= 11 is 0. The van der Waals surface area contributed by atoms with Crippen LogP contribution in [0.25, 0.3) is 0 Å². The van der Waals surface area contributed by atoms with Gasteiger partial charge in [-0.15, -0.1) is 0 Å². The Hall–Kier alpha value is -3.02. The molecule has 0 aromatic heterocycles. The van der Waals surface area contributed by atoms with Gasteiger partial charge in [-0.1, -0.05) is 37.1 Å². The van der Waals surface area contributed by atoms with Crippen LogP contribution in [0.5, 0.6) is 0 Å². The molecule has 2 aromatic rings. The molecule has 2 amide bonds. The second-order valence-electron chi connectivity index (χ2n) is 11.7. The molecule has 2 aromatic carbocycles. The number of carbonyl (C=O) groups excluding carboxylic acids is 2. The molecule has 2 fully saturated rings. The van der Waals surface area contributed by atoms with Crippen LogP contribution in [0, 0.1) is 0 Å². The van der Waals surface area contributed by atoms with Gasteiger partial charge in [-0.3, -0.25) is 9.59 Å². The van der Waals surface area contributed by atoms with E-state index in [4.69, 9.17) is 9.47 Å². The maximum atomic E-state index is 12.7. The van der Waals surface area contributed by atoms with Gasteiger partial charge in [-0.2, -0.15) is 0 Å². The number of amides is 2. The van der Waals surface area contributed by atoms with E-state index in [0.29, 0.717) is 48.2 Å². The predicted octanol–water partition coefficient (Wildman–Crippen LogP) is -1.56. The van der Waals surface area contributed by atoms with Gasteiger partial charge in [0.25, 0.3) is 11.8 Å². The first kappa shape index (κ1) is 35.8. The van der Waals surface area contributed by atoms with E-state index in [1.54, 1.807) is 36.4 Å². The molecule has 46 heavy (non-hydrogen) atoms. The number of hydrogen-bond acceptors (Lipinski definition) is 12. The van der Waals surface area contributed by atoms with Crippen LogP contribution < -0.4 is 10.6 Å². The summed E-state index contributed by atoms with van der Waals surface area (Å²) in [5.41, 5.74) is 1.50. The lowest BCUT2D eigenvalue weighted by atomic mass is 9.90. The number of ether oxygens (including phenoxy) is 2. The van der Waals surface area contributed by atoms with E-state index in [2.05, 4.69) is 10.6 Å². The van der Waals surface area contributed by atoms with Crippen molar-refractivity contribution in [1.82, 2.24) is 10.6 Å². The Morgan fingerprint density at radius 3 is 1.33 bits per heavy atom. The Bertz CT molecular complexity index is 1200. The number of aliphatic hydroxyl groups excluding tert-OH is 8. The van der Waals surface area contributed by atoms with Crippen molar-refractivity contribution in [3.8, 4) is 0 Å². The Balaban J connectivity index is 1.16. The number of aliphatic hydroxyl groups is 8. The summed E-state index contributed by atoms with van der Waals surface area (Å²) in [6.07, 6.45) is -10.0. The molecule has 14 heteroatoms. The lowest BCUT2D eigenvalue weighted by molar-refractivity contribution is -0.231. The van der Waals surface area contributed by atoms with Crippen molar-refractivity contribution in [3.63, 3.8) is 0 Å². The molecule has 4 rings (SSSR count). The number of benzene rings is 2. The summed E-state index contributed by atoms with van der Waals surface area (Å²) in [7, 11) is 0. The molecule has 2 heterocycles. The largest absolute Gasteiger partial charge is 0.394 e. The molecule has 0 radical (unpaired) electrons. The summed E-state index contributed by atoms with van der Waals surface area (Å²) in [4.78, 5) is 25.4. The Labute approximate surface area is 266 Å². The molecule has 254 valence electrons. The maximum absolute atomic E-state index is 12.7. The number of nitrogens with one attached hydrogen (secondary N) is 2. The van der Waals surface area contributed by atoms with E-state index in [9.17, 15) is 50.4 Å². The lowest BCUT2D eigenvalue weighted by Crippen LogP contribution is -2.55. The van der Waals surface area contributed by atoms with Crippen molar-refractivity contribution in [2.24, 2.45) is 0 Å². The van der Waals surface area contributed by atoms with Gasteiger partial charge in [0.1, 0.15) is 61.0 Å². The first-order valence-electron chi connectivity index (χ1n) is 15.4. The Morgan fingerprint density at radius 1 is 0.565 bits per heavy atom. The highest BCUT2D eigenvalue weighted by molar-refractivity contribution is 5.94. The highest BCUT2D eigenvalue weighted by atomic mass is 16.6. The van der Waals surface area contributed by atoms with E-state index < -0.39 is 74.3 Å². The number of hydrogen-bond donors (Lipinski definition) is 10. The predicted molar refractivity (Wildman–Crippen MR) is 161 cm³/mol. The van der Waals surface area contributed by atoms with Crippen molar-refractivity contribution in [3.05, 3.63) is 70.8 Å². The summed E-state index contributed by atoms with van der Waals surface area (Å²) < 4.78 is 11.2. The fourth-order valence-corrected chi connectivity index (χ4v) is 5.68. The van der Waals surface area contributed by atoms with Gasteiger partial charge in [0.2, 0.25) is 0 Å². The van der Waals surface area contributed by atoms with Crippen LogP contribution >= 0.6 is 0 Å². The first-order valence-corrected chi connectivity index (χ1v) is 15.4. The zero-order valence-electron chi connectivity index (χ0n) is 25.3.